The molecule has 2 aliphatic heterocycles. The molecule has 33 heavy (non-hydrogen) atoms. The monoisotopic (exact) mass is 523 g/mol. The van der Waals surface area contributed by atoms with E-state index in [0.717, 1.165) is 28.7 Å². The summed E-state index contributed by atoms with van der Waals surface area (Å²) in [5, 5.41) is 10.4. The largest absolute Gasteiger partial charge is 1.00 e. The smallest absolute Gasteiger partial charge is 1.00 e. The van der Waals surface area contributed by atoms with Crippen molar-refractivity contribution >= 4 is 56.4 Å². The number of β-lactam (4-membered cyclic amide) rings is 1. The number of thioether (sulfide) groups is 1. The van der Waals surface area contributed by atoms with Crippen LogP contribution in [0.25, 0.3) is 0 Å². The molecule has 3 amide bonds. The number of benzene rings is 1. The van der Waals surface area contributed by atoms with E-state index in [1.54, 1.807) is 0 Å². The zero-order chi connectivity index (χ0) is 22.9. The van der Waals surface area contributed by atoms with Gasteiger partial charge in [0.2, 0.25) is 11.0 Å². The first-order valence-corrected chi connectivity index (χ1v) is 12.5. The predicted molar refractivity (Wildman–Crippen MR) is 114 cm³/mol. The molecule has 2 N–H and O–H groups in total. The molecule has 2 atom stereocenters. The van der Waals surface area contributed by atoms with Crippen LogP contribution in [0.4, 0.5) is 9.93 Å². The van der Waals surface area contributed by atoms with Crippen LogP contribution in [0.2, 0.25) is 0 Å². The summed E-state index contributed by atoms with van der Waals surface area (Å²) in [5.41, 5.74) is 0.837. The molecule has 0 saturated carbocycles. The average molecular weight is 524 g/mol. The zero-order valence-electron chi connectivity index (χ0n) is 18.3. The van der Waals surface area contributed by atoms with Crippen LogP contribution in [-0.2, 0) is 31.2 Å². The Morgan fingerprint density at radius 3 is 2.73 bits per heavy atom. The number of likely N-dealkylation sites (tertiary alicyclic amines) is 1. The summed E-state index contributed by atoms with van der Waals surface area (Å²) in [4.78, 5) is 37.7. The normalized spacial score (nSPS) is 19.4. The molecule has 172 valence electrons. The van der Waals surface area contributed by atoms with Gasteiger partial charge in [-0.05, 0) is 12.0 Å². The van der Waals surface area contributed by atoms with Gasteiger partial charge in [-0.25, -0.2) is 9.10 Å². The third-order valence-corrected chi connectivity index (χ3v) is 7.76. The fraction of sp³-hybridized carbons (Fsp3) is 0.353. The van der Waals surface area contributed by atoms with E-state index in [9.17, 15) is 22.8 Å². The van der Waals surface area contributed by atoms with Crippen LogP contribution >= 0.6 is 23.1 Å². The molecular formula is C17H18N5NaO7S3. The van der Waals surface area contributed by atoms with Crippen molar-refractivity contribution in [2.75, 3.05) is 17.6 Å². The minimum atomic E-state index is -4.62. The molecule has 1 aromatic carbocycles. The SMILES string of the molecule is O=C(Nc1nnc(SCC(=O)N2CC[C@@H]3[C@H]2C(=O)N3S(=O)(=O)O)s1)OCc1ccccc1.[H-].[Na+]. The number of anilines is 1. The summed E-state index contributed by atoms with van der Waals surface area (Å²) in [6.07, 6.45) is -0.419. The maximum atomic E-state index is 12.5. The molecule has 0 radical (unpaired) electrons. The fourth-order valence-corrected chi connectivity index (χ4v) is 5.99. The molecule has 2 aromatic rings. The van der Waals surface area contributed by atoms with Gasteiger partial charge in [-0.15, -0.1) is 10.2 Å². The number of fused-ring (bicyclic) bond motifs is 1. The Hall–Kier alpha value is -1.75. The molecule has 2 fully saturated rings. The molecular weight excluding hydrogens is 505 g/mol. The maximum Gasteiger partial charge on any atom is 1.00 e. The molecule has 12 nitrogen and oxygen atoms in total. The molecule has 2 saturated heterocycles. The number of nitrogens with zero attached hydrogens (tertiary/aromatic N) is 4. The molecule has 3 heterocycles. The van der Waals surface area contributed by atoms with Gasteiger partial charge in [0.25, 0.3) is 5.91 Å². The Morgan fingerprint density at radius 2 is 2.03 bits per heavy atom. The Labute approximate surface area is 220 Å². The fourth-order valence-electron chi connectivity index (χ4n) is 3.47. The molecule has 2 aliphatic rings. The van der Waals surface area contributed by atoms with E-state index >= 15 is 0 Å². The molecule has 0 spiro atoms. The van der Waals surface area contributed by atoms with Gasteiger partial charge >= 0.3 is 46.0 Å². The van der Waals surface area contributed by atoms with Crippen molar-refractivity contribution in [3.05, 3.63) is 35.9 Å². The van der Waals surface area contributed by atoms with Gasteiger partial charge < -0.3 is 11.1 Å². The van der Waals surface area contributed by atoms with Crippen LogP contribution in [0.5, 0.6) is 0 Å². The van der Waals surface area contributed by atoms with Gasteiger partial charge in [-0.1, -0.05) is 53.4 Å². The number of aromatic nitrogens is 2. The number of ether oxygens (including phenoxy) is 1. The third-order valence-electron chi connectivity index (χ3n) is 4.85. The second-order valence-electron chi connectivity index (χ2n) is 6.85. The topological polar surface area (TPSA) is 159 Å². The van der Waals surface area contributed by atoms with Crippen molar-refractivity contribution in [2.45, 2.75) is 29.5 Å². The number of rotatable bonds is 7. The molecule has 0 bridgehead atoms. The second kappa shape index (κ2) is 10.7. The summed E-state index contributed by atoms with van der Waals surface area (Å²) in [6.45, 7) is 0.315. The van der Waals surface area contributed by atoms with Crippen LogP contribution in [0.15, 0.2) is 34.7 Å². The molecule has 0 aliphatic carbocycles. The maximum absolute atomic E-state index is 12.5. The standard InChI is InChI=1S/C17H17N5O7S3.Na.H/c23-12(21-7-6-11-13(21)14(24)22(11)32(26,27)28)9-30-17-20-19-15(31-17)18-16(25)29-8-10-4-2-1-3-5-10;;/h1-5,11,13H,6-9H2,(H,18,19,25)(H,26,27,28);;/q;+1;-1/t11-,13+;;/m1../s1. The Balaban J connectivity index is 0.00000204. The average Bonchev–Trinajstić information content (AvgIpc) is 3.34. The van der Waals surface area contributed by atoms with Crippen LogP contribution in [0.1, 0.15) is 13.4 Å². The first-order chi connectivity index (χ1) is 15.2. The van der Waals surface area contributed by atoms with Gasteiger partial charge in [-0.2, -0.15) is 8.42 Å². The van der Waals surface area contributed by atoms with E-state index in [1.807, 2.05) is 30.3 Å². The number of nitrogens with one attached hydrogen (secondary N) is 1. The predicted octanol–water partition coefficient (Wildman–Crippen LogP) is -1.89. The molecule has 1 aromatic heterocycles. The first-order valence-electron chi connectivity index (χ1n) is 9.28. The number of amides is 3. The van der Waals surface area contributed by atoms with Crippen LogP contribution in [0.3, 0.4) is 0 Å². The summed E-state index contributed by atoms with van der Waals surface area (Å²) >= 11 is 2.14. The number of carbonyl (C=O) groups is 3. The minimum absolute atomic E-state index is 0. The van der Waals surface area contributed by atoms with Crippen LogP contribution < -0.4 is 34.9 Å². The number of hydrogen-bond donors (Lipinski definition) is 2. The van der Waals surface area contributed by atoms with Crippen molar-refractivity contribution < 1.29 is 63.1 Å². The zero-order valence-corrected chi connectivity index (χ0v) is 21.7. The van der Waals surface area contributed by atoms with Gasteiger partial charge in [-0.3, -0.25) is 19.5 Å². The summed E-state index contributed by atoms with van der Waals surface area (Å²) in [7, 11) is -4.62. The van der Waals surface area contributed by atoms with E-state index in [2.05, 4.69) is 15.5 Å². The number of hydrogen-bond acceptors (Lipinski definition) is 10. The van der Waals surface area contributed by atoms with Crippen molar-refractivity contribution in [1.29, 1.82) is 0 Å². The molecule has 4 rings (SSSR count). The Bertz CT molecular complexity index is 1150. The van der Waals surface area contributed by atoms with Gasteiger partial charge in [0, 0.05) is 6.54 Å². The van der Waals surface area contributed by atoms with Gasteiger partial charge in [0.1, 0.15) is 12.6 Å². The molecule has 0 unspecified atom stereocenters. The Morgan fingerprint density at radius 1 is 1.30 bits per heavy atom. The van der Waals surface area contributed by atoms with Crippen molar-refractivity contribution in [2.24, 2.45) is 0 Å². The number of carbonyl (C=O) groups excluding carboxylic acids is 3. The van der Waals surface area contributed by atoms with E-state index in [4.69, 9.17) is 9.29 Å². The van der Waals surface area contributed by atoms with Gasteiger partial charge in [0.15, 0.2) is 4.34 Å². The summed E-state index contributed by atoms with van der Waals surface area (Å²) in [6, 6.07) is 7.56. The quantitative estimate of drug-likeness (QED) is 0.138. The van der Waals surface area contributed by atoms with E-state index in [1.165, 1.54) is 4.90 Å². The van der Waals surface area contributed by atoms with Crippen molar-refractivity contribution in [1.82, 2.24) is 19.4 Å². The van der Waals surface area contributed by atoms with Gasteiger partial charge in [0.05, 0.1) is 11.8 Å². The summed E-state index contributed by atoms with van der Waals surface area (Å²) < 4.78 is 37.5. The Kier molecular flexibility index (Phi) is 8.36. The first kappa shape index (κ1) is 25.9. The molecule has 16 heteroatoms. The second-order valence-corrected chi connectivity index (χ2v) is 10.3. The third kappa shape index (κ3) is 5.85. The van der Waals surface area contributed by atoms with E-state index in [0.29, 0.717) is 8.64 Å². The van der Waals surface area contributed by atoms with Crippen LogP contribution in [0, 0.1) is 0 Å². The summed E-state index contributed by atoms with van der Waals surface area (Å²) in [5.74, 6) is -1.22. The van der Waals surface area contributed by atoms with E-state index in [-0.39, 0.29) is 67.3 Å². The minimum Gasteiger partial charge on any atom is -1.00 e. The van der Waals surface area contributed by atoms with E-state index < -0.39 is 34.4 Å². The van der Waals surface area contributed by atoms with Crippen molar-refractivity contribution in [3.8, 4) is 0 Å². The van der Waals surface area contributed by atoms with Crippen molar-refractivity contribution in [3.63, 3.8) is 0 Å². The van der Waals surface area contributed by atoms with Crippen LogP contribution in [-0.4, -0.2) is 74.7 Å².